The first-order chi connectivity index (χ1) is 14.3. The Balaban J connectivity index is 1.45. The van der Waals surface area contributed by atoms with Gasteiger partial charge in [0.2, 0.25) is 0 Å². The van der Waals surface area contributed by atoms with Gasteiger partial charge in [0, 0.05) is 23.4 Å². The Hall–Kier alpha value is -1.83. The van der Waals surface area contributed by atoms with E-state index in [1.165, 1.54) is 0 Å². The highest BCUT2D eigenvalue weighted by atomic mass is 35.5. The molecule has 2 N–H and O–H groups in total. The van der Waals surface area contributed by atoms with Gasteiger partial charge in [-0.3, -0.25) is 0 Å². The standard InChI is InChI=1S/C23H27ClO6/c1-15(9-17-4-6-20-21(10-17)28-8-7-27-20)19(24)5-3-16(2)23-12-18(26)11-22(13-25,30-23)14-29-23/h3-6,10,18,25-26H,2,7-9,11-14H2,1H3/b5-3-,19-15-/t18-,22-,23+/m0/s1. The monoisotopic (exact) mass is 434 g/mol. The van der Waals surface area contributed by atoms with Crippen LogP contribution in [-0.2, 0) is 15.9 Å². The quantitative estimate of drug-likeness (QED) is 0.669. The molecular formula is C23H27ClO6. The molecule has 3 aliphatic heterocycles. The van der Waals surface area contributed by atoms with Gasteiger partial charge in [-0.2, -0.15) is 0 Å². The largest absolute Gasteiger partial charge is 0.486 e. The minimum atomic E-state index is -1.13. The van der Waals surface area contributed by atoms with Crippen molar-refractivity contribution < 1.29 is 29.2 Å². The van der Waals surface area contributed by atoms with Gasteiger partial charge >= 0.3 is 0 Å². The second kappa shape index (κ2) is 8.36. The molecule has 0 aliphatic carbocycles. The van der Waals surface area contributed by atoms with E-state index >= 15 is 0 Å². The lowest BCUT2D eigenvalue weighted by Gasteiger charge is -2.39. The van der Waals surface area contributed by atoms with Crippen LogP contribution in [0.1, 0.15) is 25.3 Å². The van der Waals surface area contributed by atoms with Crippen LogP contribution in [0.3, 0.4) is 0 Å². The number of fused-ring (bicyclic) bond motifs is 3. The van der Waals surface area contributed by atoms with Crippen molar-refractivity contribution in [2.75, 3.05) is 26.4 Å². The molecule has 2 bridgehead atoms. The fourth-order valence-corrected chi connectivity index (χ4v) is 4.26. The summed E-state index contributed by atoms with van der Waals surface area (Å²) in [5.74, 6) is 0.389. The minimum Gasteiger partial charge on any atom is -0.486 e. The van der Waals surface area contributed by atoms with Crippen LogP contribution < -0.4 is 9.47 Å². The van der Waals surface area contributed by atoms with E-state index in [4.69, 9.17) is 30.5 Å². The number of aliphatic hydroxyl groups is 2. The zero-order valence-corrected chi connectivity index (χ0v) is 17.8. The summed E-state index contributed by atoms with van der Waals surface area (Å²) in [5.41, 5.74) is 1.74. The lowest BCUT2D eigenvalue weighted by atomic mass is 9.89. The highest BCUT2D eigenvalue weighted by molar-refractivity contribution is 6.31. The summed E-state index contributed by atoms with van der Waals surface area (Å²) >= 11 is 6.51. The minimum absolute atomic E-state index is 0.210. The van der Waals surface area contributed by atoms with Crippen molar-refractivity contribution >= 4 is 11.6 Å². The highest BCUT2D eigenvalue weighted by Crippen LogP contribution is 2.47. The smallest absolute Gasteiger partial charge is 0.197 e. The number of hydrogen-bond donors (Lipinski definition) is 2. The summed E-state index contributed by atoms with van der Waals surface area (Å²) in [6, 6.07) is 5.89. The third kappa shape index (κ3) is 4.15. The van der Waals surface area contributed by atoms with Crippen LogP contribution in [-0.4, -0.2) is 54.1 Å². The van der Waals surface area contributed by atoms with Crippen molar-refractivity contribution in [3.8, 4) is 11.5 Å². The summed E-state index contributed by atoms with van der Waals surface area (Å²) < 4.78 is 23.1. The first kappa shape index (κ1) is 21.4. The molecular weight excluding hydrogens is 408 g/mol. The third-order valence-electron chi connectivity index (χ3n) is 5.75. The summed E-state index contributed by atoms with van der Waals surface area (Å²) in [5, 5.41) is 20.5. The molecule has 3 atom stereocenters. The maximum absolute atomic E-state index is 10.2. The topological polar surface area (TPSA) is 77.4 Å². The maximum Gasteiger partial charge on any atom is 0.197 e. The van der Waals surface area contributed by atoms with E-state index in [1.807, 2.05) is 25.1 Å². The molecule has 0 aromatic heterocycles. The van der Waals surface area contributed by atoms with E-state index in [1.54, 1.807) is 12.2 Å². The summed E-state index contributed by atoms with van der Waals surface area (Å²) in [6.07, 6.45) is 4.17. The molecule has 0 unspecified atom stereocenters. The van der Waals surface area contributed by atoms with Crippen molar-refractivity contribution in [1.29, 1.82) is 0 Å². The number of hydrogen-bond acceptors (Lipinski definition) is 6. The van der Waals surface area contributed by atoms with Crippen LogP contribution >= 0.6 is 11.6 Å². The number of allylic oxidation sites excluding steroid dienone is 3. The molecule has 4 rings (SSSR count). The number of halogens is 1. The first-order valence-electron chi connectivity index (χ1n) is 10.1. The van der Waals surface area contributed by atoms with E-state index in [2.05, 4.69) is 6.58 Å². The third-order valence-corrected chi connectivity index (χ3v) is 6.20. The molecule has 3 aliphatic rings. The van der Waals surface area contributed by atoms with Crippen LogP contribution in [0.4, 0.5) is 0 Å². The molecule has 0 saturated carbocycles. The van der Waals surface area contributed by atoms with Gasteiger partial charge in [-0.15, -0.1) is 0 Å². The van der Waals surface area contributed by atoms with Crippen LogP contribution in [0.15, 0.2) is 53.1 Å². The molecule has 162 valence electrons. The van der Waals surface area contributed by atoms with Gasteiger partial charge in [0.15, 0.2) is 17.3 Å². The van der Waals surface area contributed by atoms with Crippen molar-refractivity contribution in [3.63, 3.8) is 0 Å². The van der Waals surface area contributed by atoms with Gasteiger partial charge in [-0.05, 0) is 37.1 Å². The van der Waals surface area contributed by atoms with Crippen molar-refractivity contribution in [1.82, 2.24) is 0 Å². The van der Waals surface area contributed by atoms with Gasteiger partial charge < -0.3 is 29.2 Å². The van der Waals surface area contributed by atoms with Crippen LogP contribution in [0.25, 0.3) is 0 Å². The van der Waals surface area contributed by atoms with Gasteiger partial charge in [-0.1, -0.05) is 35.9 Å². The van der Waals surface area contributed by atoms with Crippen molar-refractivity contribution in [2.24, 2.45) is 0 Å². The summed E-state index contributed by atoms with van der Waals surface area (Å²) in [6.45, 7) is 7.17. The molecule has 0 amide bonds. The van der Waals surface area contributed by atoms with Crippen molar-refractivity contribution in [2.45, 2.75) is 43.7 Å². The second-order valence-corrected chi connectivity index (χ2v) is 8.60. The van der Waals surface area contributed by atoms with E-state index < -0.39 is 17.5 Å². The molecule has 2 saturated heterocycles. The molecule has 7 heteroatoms. The van der Waals surface area contributed by atoms with Gasteiger partial charge in [0.1, 0.15) is 18.8 Å². The zero-order valence-electron chi connectivity index (χ0n) is 17.0. The Kier molecular flexibility index (Phi) is 5.97. The van der Waals surface area contributed by atoms with Gasteiger partial charge in [0.05, 0.1) is 19.3 Å². The normalized spacial score (nSPS) is 31.0. The van der Waals surface area contributed by atoms with E-state index in [-0.39, 0.29) is 19.6 Å². The number of benzene rings is 1. The number of aliphatic hydroxyl groups excluding tert-OH is 2. The Morgan fingerprint density at radius 1 is 1.23 bits per heavy atom. The molecule has 3 heterocycles. The Morgan fingerprint density at radius 2 is 2.00 bits per heavy atom. The molecule has 6 nitrogen and oxygen atoms in total. The molecule has 30 heavy (non-hydrogen) atoms. The Bertz CT molecular complexity index is 894. The van der Waals surface area contributed by atoms with E-state index in [0.717, 1.165) is 22.6 Å². The summed E-state index contributed by atoms with van der Waals surface area (Å²) in [7, 11) is 0. The average molecular weight is 435 g/mol. The maximum atomic E-state index is 10.2. The van der Waals surface area contributed by atoms with E-state index in [9.17, 15) is 10.2 Å². The zero-order chi connectivity index (χ0) is 21.4. The predicted octanol–water partition coefficient (Wildman–Crippen LogP) is 3.25. The van der Waals surface area contributed by atoms with Gasteiger partial charge in [0.25, 0.3) is 0 Å². The van der Waals surface area contributed by atoms with Crippen LogP contribution in [0.2, 0.25) is 0 Å². The fraction of sp³-hybridized carbons (Fsp3) is 0.478. The first-order valence-corrected chi connectivity index (χ1v) is 10.5. The van der Waals surface area contributed by atoms with E-state index in [0.29, 0.717) is 36.7 Å². The SMILES string of the molecule is C=C(/C=C\C(Cl)=C(/C)Cc1ccc2c(c1)OCCO2)[C@]12C[C@@H](O)C[C@](CO)(CO1)O2. The molecule has 1 aromatic carbocycles. The van der Waals surface area contributed by atoms with Crippen LogP contribution in [0, 0.1) is 0 Å². The lowest BCUT2D eigenvalue weighted by Crippen LogP contribution is -2.49. The molecule has 2 fully saturated rings. The average Bonchev–Trinajstić information content (AvgIpc) is 3.04. The molecule has 0 spiro atoms. The number of rotatable bonds is 6. The molecule has 1 aromatic rings. The van der Waals surface area contributed by atoms with Gasteiger partial charge in [-0.25, -0.2) is 0 Å². The Morgan fingerprint density at radius 3 is 2.77 bits per heavy atom. The molecule has 0 radical (unpaired) electrons. The Labute approximate surface area is 181 Å². The predicted molar refractivity (Wildman–Crippen MR) is 113 cm³/mol. The summed E-state index contributed by atoms with van der Waals surface area (Å²) in [4.78, 5) is 0. The number of ether oxygens (including phenoxy) is 4. The van der Waals surface area contributed by atoms with Crippen molar-refractivity contribution in [3.05, 3.63) is 58.7 Å². The highest BCUT2D eigenvalue weighted by Gasteiger charge is 2.57. The van der Waals surface area contributed by atoms with Crippen LogP contribution in [0.5, 0.6) is 11.5 Å². The fourth-order valence-electron chi connectivity index (χ4n) is 4.13. The lowest BCUT2D eigenvalue weighted by molar-refractivity contribution is -0.216. The second-order valence-electron chi connectivity index (χ2n) is 8.19.